The smallest absolute Gasteiger partial charge is 0.286 e. The number of para-hydroxylation sites is 2. The minimum Gasteiger partial charge on any atom is -1.00 e. The Balaban J connectivity index is 0.00000256. The zero-order valence-electron chi connectivity index (χ0n) is 17.4. The van der Waals surface area contributed by atoms with Gasteiger partial charge in [0.1, 0.15) is 6.54 Å². The lowest BCUT2D eigenvalue weighted by Gasteiger charge is -2.39. The molecule has 30 heavy (non-hydrogen) atoms. The highest BCUT2D eigenvalue weighted by Gasteiger charge is 2.34. The van der Waals surface area contributed by atoms with E-state index in [0.717, 1.165) is 45.3 Å². The van der Waals surface area contributed by atoms with E-state index in [1.165, 1.54) is 5.56 Å². The van der Waals surface area contributed by atoms with Crippen LogP contribution in [0.15, 0.2) is 88.7 Å². The van der Waals surface area contributed by atoms with Crippen LogP contribution in [0, 0.1) is 0 Å². The van der Waals surface area contributed by atoms with Gasteiger partial charge in [0.05, 0.1) is 24.5 Å². The van der Waals surface area contributed by atoms with Gasteiger partial charge >= 0.3 is 0 Å². The fraction of sp³-hybridized carbons (Fsp3) is 0.240. The van der Waals surface area contributed by atoms with E-state index in [1.807, 2.05) is 35.2 Å². The Morgan fingerprint density at radius 1 is 0.800 bits per heavy atom. The van der Waals surface area contributed by atoms with Gasteiger partial charge in [-0.1, -0.05) is 66.4 Å². The molecule has 0 fully saturated rings. The Hall–Kier alpha value is -2.27. The third-order valence-electron chi connectivity index (χ3n) is 5.85. The van der Waals surface area contributed by atoms with Crippen molar-refractivity contribution in [2.75, 3.05) is 24.5 Å². The molecule has 0 bridgehead atoms. The summed E-state index contributed by atoms with van der Waals surface area (Å²) in [6.07, 6.45) is 0. The average molecular weight is 439 g/mol. The fourth-order valence-electron chi connectivity index (χ4n) is 4.03. The monoisotopic (exact) mass is 438 g/mol. The Labute approximate surface area is 189 Å². The number of carbonyl (C=O) groups excluding carboxylic acids is 1. The molecule has 0 atom stereocenters. The maximum absolute atomic E-state index is 13.7. The van der Waals surface area contributed by atoms with Crippen molar-refractivity contribution >= 4 is 29.0 Å². The minimum atomic E-state index is 0. The van der Waals surface area contributed by atoms with Crippen molar-refractivity contribution in [3.63, 3.8) is 0 Å². The number of halogens is 1. The maximum atomic E-state index is 13.7. The van der Waals surface area contributed by atoms with Crippen LogP contribution in [-0.2, 0) is 11.3 Å². The number of fused-ring (bicyclic) bond motifs is 2. The Morgan fingerprint density at radius 2 is 1.30 bits per heavy atom. The summed E-state index contributed by atoms with van der Waals surface area (Å²) >= 11 is 1.74. The topological polar surface area (TPSA) is 20.3 Å². The van der Waals surface area contributed by atoms with Gasteiger partial charge in [0.25, 0.3) is 5.91 Å². The van der Waals surface area contributed by atoms with Crippen molar-refractivity contribution < 1.29 is 21.7 Å². The van der Waals surface area contributed by atoms with Gasteiger partial charge in [-0.3, -0.25) is 9.69 Å². The number of rotatable bonds is 6. The first-order valence-corrected chi connectivity index (χ1v) is 11.1. The van der Waals surface area contributed by atoms with Gasteiger partial charge in [-0.2, -0.15) is 0 Å². The summed E-state index contributed by atoms with van der Waals surface area (Å²) in [5.41, 5.74) is 3.26. The third-order valence-corrected chi connectivity index (χ3v) is 6.99. The second-order valence-corrected chi connectivity index (χ2v) is 8.63. The Morgan fingerprint density at radius 3 is 1.83 bits per heavy atom. The molecule has 156 valence electrons. The highest BCUT2D eigenvalue weighted by atomic mass is 35.5. The largest absolute Gasteiger partial charge is 1.00 e. The number of anilines is 2. The molecule has 5 heteroatoms. The van der Waals surface area contributed by atoms with E-state index in [4.69, 9.17) is 0 Å². The van der Waals surface area contributed by atoms with Gasteiger partial charge in [-0.15, -0.1) is 0 Å². The summed E-state index contributed by atoms with van der Waals surface area (Å²) in [6, 6.07) is 26.9. The number of hydrogen-bond acceptors (Lipinski definition) is 2. The van der Waals surface area contributed by atoms with E-state index in [9.17, 15) is 4.79 Å². The van der Waals surface area contributed by atoms with E-state index in [0.29, 0.717) is 6.54 Å². The standard InChI is InChI=1S/C25H27N2OS.ClH/c1-3-27(4-2,18-20-12-6-5-7-13-20)19-25(28)26-21-14-8-10-16-23(21)29-24-17-11-9-15-22(24)26;/h5-17H,3-4,18-19H2,1-2H3;1H/q+1;/p-1. The molecule has 4 rings (SSSR count). The molecule has 1 amide bonds. The summed E-state index contributed by atoms with van der Waals surface area (Å²) < 4.78 is 0.747. The van der Waals surface area contributed by atoms with Crippen LogP contribution in [0.5, 0.6) is 0 Å². The van der Waals surface area contributed by atoms with Gasteiger partial charge in [0.15, 0.2) is 6.54 Å². The Kier molecular flexibility index (Phi) is 7.24. The van der Waals surface area contributed by atoms with Gasteiger partial charge in [0.2, 0.25) is 0 Å². The van der Waals surface area contributed by atoms with Gasteiger partial charge in [-0.25, -0.2) is 0 Å². The van der Waals surface area contributed by atoms with Crippen LogP contribution >= 0.6 is 11.8 Å². The third kappa shape index (κ3) is 4.41. The number of carbonyl (C=O) groups is 1. The summed E-state index contributed by atoms with van der Waals surface area (Å²) in [4.78, 5) is 17.9. The molecule has 3 aromatic rings. The van der Waals surface area contributed by atoms with E-state index in [-0.39, 0.29) is 18.3 Å². The van der Waals surface area contributed by atoms with Crippen molar-refractivity contribution in [1.82, 2.24) is 0 Å². The van der Waals surface area contributed by atoms with Crippen molar-refractivity contribution in [3.8, 4) is 0 Å². The second kappa shape index (κ2) is 9.69. The highest BCUT2D eigenvalue weighted by molar-refractivity contribution is 7.99. The normalized spacial score (nSPS) is 12.5. The molecule has 0 radical (unpaired) electrons. The van der Waals surface area contributed by atoms with E-state index >= 15 is 0 Å². The fourth-order valence-corrected chi connectivity index (χ4v) is 5.09. The lowest BCUT2D eigenvalue weighted by atomic mass is 10.1. The average Bonchev–Trinajstić information content (AvgIpc) is 2.77. The van der Waals surface area contributed by atoms with Crippen molar-refractivity contribution in [3.05, 3.63) is 84.4 Å². The molecule has 0 unspecified atom stereocenters. The molecular weight excluding hydrogens is 412 g/mol. The summed E-state index contributed by atoms with van der Waals surface area (Å²) in [5.74, 6) is 0.157. The van der Waals surface area contributed by atoms with Crippen LogP contribution in [0.2, 0.25) is 0 Å². The first-order valence-electron chi connectivity index (χ1n) is 10.2. The predicted molar refractivity (Wildman–Crippen MR) is 121 cm³/mol. The van der Waals surface area contributed by atoms with Crippen LogP contribution in [0.25, 0.3) is 0 Å². The van der Waals surface area contributed by atoms with Gasteiger partial charge in [0, 0.05) is 15.4 Å². The maximum Gasteiger partial charge on any atom is 0.286 e. The van der Waals surface area contributed by atoms with Gasteiger partial charge in [-0.05, 0) is 38.1 Å². The van der Waals surface area contributed by atoms with Crippen LogP contribution < -0.4 is 17.3 Å². The van der Waals surface area contributed by atoms with Gasteiger partial charge < -0.3 is 16.9 Å². The van der Waals surface area contributed by atoms with Crippen molar-refractivity contribution in [2.45, 2.75) is 30.2 Å². The SMILES string of the molecule is CC[N+](CC)(CC(=O)N1c2ccccc2Sc2ccccc21)Cc1ccccc1.[Cl-]. The highest BCUT2D eigenvalue weighted by Crippen LogP contribution is 2.48. The van der Waals surface area contributed by atoms with E-state index in [2.05, 4.69) is 62.4 Å². The Bertz CT molecular complexity index is 959. The van der Waals surface area contributed by atoms with Crippen LogP contribution in [0.1, 0.15) is 19.4 Å². The first kappa shape index (κ1) is 22.4. The predicted octanol–water partition coefficient (Wildman–Crippen LogP) is 2.88. The number of hydrogen-bond donors (Lipinski definition) is 0. The molecule has 1 aliphatic rings. The molecule has 0 saturated carbocycles. The number of likely N-dealkylation sites (N-methyl/N-ethyl adjacent to an activating group) is 1. The molecule has 3 nitrogen and oxygen atoms in total. The molecule has 3 aromatic carbocycles. The minimum absolute atomic E-state index is 0. The van der Waals surface area contributed by atoms with Crippen LogP contribution in [0.3, 0.4) is 0 Å². The zero-order valence-corrected chi connectivity index (χ0v) is 19.0. The molecule has 1 heterocycles. The molecule has 1 aliphatic heterocycles. The number of quaternary nitrogens is 1. The number of nitrogens with zero attached hydrogens (tertiary/aromatic N) is 2. The molecule has 0 aromatic heterocycles. The van der Waals surface area contributed by atoms with Crippen molar-refractivity contribution in [1.29, 1.82) is 0 Å². The van der Waals surface area contributed by atoms with Crippen LogP contribution in [0.4, 0.5) is 11.4 Å². The van der Waals surface area contributed by atoms with E-state index < -0.39 is 0 Å². The lowest BCUT2D eigenvalue weighted by Crippen LogP contribution is -3.00. The first-order chi connectivity index (χ1) is 14.2. The van der Waals surface area contributed by atoms with E-state index in [1.54, 1.807) is 11.8 Å². The molecular formula is C25H27ClN2OS. The molecule has 0 saturated heterocycles. The summed E-state index contributed by atoms with van der Waals surface area (Å²) in [5, 5.41) is 0. The second-order valence-electron chi connectivity index (χ2n) is 7.54. The lowest BCUT2D eigenvalue weighted by molar-refractivity contribution is -0.930. The van der Waals surface area contributed by atoms with Crippen LogP contribution in [-0.4, -0.2) is 30.0 Å². The summed E-state index contributed by atoms with van der Waals surface area (Å²) in [6.45, 7) is 7.56. The van der Waals surface area contributed by atoms with Crippen molar-refractivity contribution in [2.24, 2.45) is 0 Å². The summed E-state index contributed by atoms with van der Waals surface area (Å²) in [7, 11) is 0. The molecule has 0 N–H and O–H groups in total. The molecule has 0 spiro atoms. The number of amides is 1. The quantitative estimate of drug-likeness (QED) is 0.551. The number of benzene rings is 3. The zero-order chi connectivity index (χ0) is 20.3. The molecule has 0 aliphatic carbocycles.